The topological polar surface area (TPSA) is 196 Å². The average Bonchev–Trinajstić information content (AvgIpc) is 3.90. The lowest BCUT2D eigenvalue weighted by molar-refractivity contribution is -0.131. The molecule has 2 aliphatic heterocycles. The fourth-order valence-electron chi connectivity index (χ4n) is 6.05. The van der Waals surface area contributed by atoms with E-state index in [0.717, 1.165) is 12.8 Å². The van der Waals surface area contributed by atoms with Crippen LogP contribution in [0.25, 0.3) is 23.0 Å². The lowest BCUT2D eigenvalue weighted by Gasteiger charge is -2.26. The number of hydrogen-bond acceptors (Lipinski definition) is 10. The Kier molecular flexibility index (Phi) is 10.1. The van der Waals surface area contributed by atoms with Crippen LogP contribution in [0.15, 0.2) is 48.8 Å². The normalized spacial score (nSPS) is 17.6. The molecular weight excluding hydrogens is 650 g/mol. The van der Waals surface area contributed by atoms with E-state index in [1.165, 1.54) is 24.2 Å². The summed E-state index contributed by atoms with van der Waals surface area (Å²) in [5.74, 6) is 0.0180. The summed E-state index contributed by atoms with van der Waals surface area (Å²) >= 11 is 6.24. The first-order valence-corrected chi connectivity index (χ1v) is 16.3. The number of halogens is 1. The van der Waals surface area contributed by atoms with E-state index in [9.17, 15) is 19.6 Å². The van der Waals surface area contributed by atoms with Crippen LogP contribution < -0.4 is 16.0 Å². The largest absolute Gasteiger partial charge is 0.453 e. The van der Waals surface area contributed by atoms with Gasteiger partial charge in [0.2, 0.25) is 11.8 Å². The number of rotatable bonds is 6. The predicted molar refractivity (Wildman–Crippen MR) is 181 cm³/mol. The van der Waals surface area contributed by atoms with Gasteiger partial charge in [0.05, 0.1) is 18.8 Å². The van der Waals surface area contributed by atoms with E-state index in [-0.39, 0.29) is 17.5 Å². The van der Waals surface area contributed by atoms with Crippen LogP contribution in [0.2, 0.25) is 5.02 Å². The molecule has 15 nitrogen and oxygen atoms in total. The monoisotopic (exact) mass is 683 g/mol. The highest BCUT2D eigenvalue weighted by atomic mass is 35.5. The molecule has 252 valence electrons. The Balaban J connectivity index is 1.32. The Labute approximate surface area is 286 Å². The molecule has 1 fully saturated rings. The van der Waals surface area contributed by atoms with E-state index in [4.69, 9.17) is 21.3 Å². The molecule has 4 N–H and O–H groups in total. The van der Waals surface area contributed by atoms with E-state index in [2.05, 4.69) is 42.5 Å². The number of nitrogens with zero attached hydrogens (tertiary/aromatic N) is 7. The summed E-state index contributed by atoms with van der Waals surface area (Å²) in [6.07, 6.45) is 8.09. The van der Waals surface area contributed by atoms with Gasteiger partial charge in [0.1, 0.15) is 35.7 Å². The highest BCUT2D eigenvalue weighted by Crippen LogP contribution is 2.35. The second-order valence-electron chi connectivity index (χ2n) is 11.7. The summed E-state index contributed by atoms with van der Waals surface area (Å²) < 4.78 is 6.23. The molecule has 6 rings (SSSR count). The number of anilines is 2. The van der Waals surface area contributed by atoms with Gasteiger partial charge in [-0.05, 0) is 78.6 Å². The Morgan fingerprint density at radius 3 is 2.67 bits per heavy atom. The van der Waals surface area contributed by atoms with Crippen LogP contribution >= 0.6 is 11.6 Å². The number of carbonyl (C=O) groups is 3. The first-order chi connectivity index (χ1) is 23.8. The molecule has 4 aromatic rings. The summed E-state index contributed by atoms with van der Waals surface area (Å²) in [5, 5.41) is 31.0. The fourth-order valence-corrected chi connectivity index (χ4v) is 6.23. The first-order valence-electron chi connectivity index (χ1n) is 15.9. The molecule has 2 atom stereocenters. The van der Waals surface area contributed by atoms with Crippen molar-refractivity contribution in [2.24, 2.45) is 0 Å². The number of fused-ring (bicyclic) bond motifs is 4. The quantitative estimate of drug-likeness (QED) is 0.208. The van der Waals surface area contributed by atoms with Crippen LogP contribution in [-0.4, -0.2) is 79.2 Å². The number of hydrogen-bond donors (Lipinski definition) is 4. The third-order valence-corrected chi connectivity index (χ3v) is 8.70. The van der Waals surface area contributed by atoms with Crippen molar-refractivity contribution in [1.29, 1.82) is 5.26 Å². The number of benzene rings is 2. The van der Waals surface area contributed by atoms with Crippen molar-refractivity contribution in [3.63, 3.8) is 0 Å². The Morgan fingerprint density at radius 2 is 1.92 bits per heavy atom. The molecule has 3 amide bonds. The van der Waals surface area contributed by atoms with Gasteiger partial charge < -0.3 is 25.3 Å². The Bertz CT molecular complexity index is 1910. The number of nitrogens with one attached hydrogen (secondary N) is 4. The molecule has 16 heteroatoms. The molecule has 0 aliphatic carbocycles. The van der Waals surface area contributed by atoms with Crippen LogP contribution in [0.3, 0.4) is 0 Å². The molecule has 0 unspecified atom stereocenters. The fraction of sp³-hybridized carbons (Fsp3) is 0.333. The first kappa shape index (κ1) is 33.2. The number of nitriles is 1. The molecule has 2 aliphatic rings. The van der Waals surface area contributed by atoms with E-state index < -0.39 is 18.2 Å². The van der Waals surface area contributed by atoms with Gasteiger partial charge in [0, 0.05) is 46.7 Å². The zero-order valence-corrected chi connectivity index (χ0v) is 27.4. The van der Waals surface area contributed by atoms with E-state index in [1.807, 2.05) is 4.90 Å². The van der Waals surface area contributed by atoms with Gasteiger partial charge in [-0.3, -0.25) is 14.9 Å². The Hall–Kier alpha value is -5.75. The van der Waals surface area contributed by atoms with Gasteiger partial charge >= 0.3 is 6.09 Å². The van der Waals surface area contributed by atoms with Crippen molar-refractivity contribution in [2.75, 3.05) is 30.8 Å². The SMILES string of the molecule is COC(=O)Nc1ccc2c(c1)N[C@@H](C(=O)N1CCCC1)CCCC[C@H](NC(=O)/C=C/c1cc(Cl)ccc1-n1cnnn1)c1nc-2c(C#N)[nH]1. The molecule has 49 heavy (non-hydrogen) atoms. The maximum atomic E-state index is 13.7. The molecule has 0 spiro atoms. The number of carbonyl (C=O) groups excluding carboxylic acids is 3. The van der Waals surface area contributed by atoms with Crippen molar-refractivity contribution in [3.05, 3.63) is 70.9 Å². The Morgan fingerprint density at radius 1 is 1.10 bits per heavy atom. The maximum absolute atomic E-state index is 13.7. The maximum Gasteiger partial charge on any atom is 0.411 e. The number of H-pyrrole nitrogens is 1. The zero-order valence-electron chi connectivity index (χ0n) is 26.6. The second-order valence-corrected chi connectivity index (χ2v) is 12.1. The van der Waals surface area contributed by atoms with Crippen molar-refractivity contribution in [2.45, 2.75) is 50.6 Å². The minimum absolute atomic E-state index is 0.00730. The van der Waals surface area contributed by atoms with Crippen LogP contribution in [0, 0.1) is 11.3 Å². The summed E-state index contributed by atoms with van der Waals surface area (Å²) in [5.41, 5.74) is 3.30. The summed E-state index contributed by atoms with van der Waals surface area (Å²) in [7, 11) is 1.27. The average molecular weight is 684 g/mol. The van der Waals surface area contributed by atoms with Gasteiger partial charge in [-0.25, -0.2) is 9.78 Å². The molecule has 2 bridgehead atoms. The van der Waals surface area contributed by atoms with Crippen LogP contribution in [0.1, 0.15) is 61.6 Å². The molecule has 2 aromatic heterocycles. The highest BCUT2D eigenvalue weighted by Gasteiger charge is 2.29. The van der Waals surface area contributed by atoms with Crippen LogP contribution in [0.5, 0.6) is 0 Å². The number of methoxy groups -OCH3 is 1. The number of likely N-dealkylation sites (tertiary alicyclic amines) is 1. The third-order valence-electron chi connectivity index (χ3n) is 8.47. The summed E-state index contributed by atoms with van der Waals surface area (Å²) in [6.45, 7) is 1.40. The van der Waals surface area contributed by atoms with Crippen LogP contribution in [-0.2, 0) is 14.3 Å². The predicted octanol–water partition coefficient (Wildman–Crippen LogP) is 4.60. The van der Waals surface area contributed by atoms with Crippen molar-refractivity contribution in [3.8, 4) is 23.0 Å². The molecule has 4 heterocycles. The van der Waals surface area contributed by atoms with Crippen molar-refractivity contribution >= 4 is 47.0 Å². The molecule has 0 saturated carbocycles. The number of amides is 3. The summed E-state index contributed by atoms with van der Waals surface area (Å²) in [4.78, 5) is 48.9. The number of tetrazole rings is 1. The van der Waals surface area contributed by atoms with Gasteiger partial charge in [-0.1, -0.05) is 24.4 Å². The lowest BCUT2D eigenvalue weighted by atomic mass is 10.0. The van der Waals surface area contributed by atoms with Gasteiger partial charge in [-0.15, -0.1) is 5.10 Å². The standard InChI is InChI=1S/C33H34ClN11O4/c1-49-33(48)37-22-10-11-23-26(17-22)38-25(32(47)44-14-4-5-15-44)7-3-2-6-24(31-40-27(18-35)30(23)41-31)39-29(46)13-8-20-16-21(34)9-12-28(20)45-19-36-42-43-45/h8-13,16-17,19,24-25,38H,2-7,14-15H2,1H3,(H,37,48)(H,39,46)(H,40,41)/b13-8+/t24-,25+/m0/s1. The van der Waals surface area contributed by atoms with Crippen molar-refractivity contribution < 1.29 is 19.1 Å². The zero-order chi connectivity index (χ0) is 34.3. The minimum Gasteiger partial charge on any atom is -0.453 e. The highest BCUT2D eigenvalue weighted by molar-refractivity contribution is 6.30. The molecule has 1 saturated heterocycles. The molecular formula is C33H34ClN11O4. The number of ether oxygens (including phenoxy) is 1. The number of aromatic nitrogens is 6. The van der Waals surface area contributed by atoms with Gasteiger partial charge in [0.25, 0.3) is 0 Å². The van der Waals surface area contributed by atoms with Crippen LogP contribution in [0.4, 0.5) is 16.2 Å². The third kappa shape index (κ3) is 7.71. The van der Waals surface area contributed by atoms with Gasteiger partial charge in [-0.2, -0.15) is 9.94 Å². The second kappa shape index (κ2) is 15.0. The van der Waals surface area contributed by atoms with E-state index in [1.54, 1.807) is 42.5 Å². The van der Waals surface area contributed by atoms with E-state index >= 15 is 0 Å². The van der Waals surface area contributed by atoms with Gasteiger partial charge in [0.15, 0.2) is 0 Å². The minimum atomic E-state index is -0.646. The van der Waals surface area contributed by atoms with Crippen molar-refractivity contribution in [1.82, 2.24) is 40.4 Å². The lowest BCUT2D eigenvalue weighted by Crippen LogP contribution is -2.41. The molecule has 2 aromatic carbocycles. The smallest absolute Gasteiger partial charge is 0.411 e. The molecule has 0 radical (unpaired) electrons. The number of imidazole rings is 1. The number of aromatic amines is 1. The van der Waals surface area contributed by atoms with E-state index in [0.29, 0.717) is 83.5 Å². The summed E-state index contributed by atoms with van der Waals surface area (Å²) in [6, 6.07) is 11.3.